The molecule has 1 atom stereocenters. The zero-order chi connectivity index (χ0) is 20.3. The Morgan fingerprint density at radius 3 is 2.57 bits per heavy atom. The molecule has 5 rings (SSSR count). The predicted molar refractivity (Wildman–Crippen MR) is 116 cm³/mol. The Labute approximate surface area is 178 Å². The lowest BCUT2D eigenvalue weighted by atomic mass is 10.2. The highest BCUT2D eigenvalue weighted by molar-refractivity contribution is 7.99. The van der Waals surface area contributed by atoms with E-state index in [1.54, 1.807) is 24.2 Å². The Bertz CT molecular complexity index is 1160. The number of ether oxygens (including phenoxy) is 2. The third-order valence-electron chi connectivity index (χ3n) is 4.89. The van der Waals surface area contributed by atoms with E-state index in [2.05, 4.69) is 38.8 Å². The van der Waals surface area contributed by atoms with E-state index in [-0.39, 0.29) is 6.10 Å². The zero-order valence-corrected chi connectivity index (χ0v) is 17.2. The molecule has 7 heteroatoms. The molecule has 150 valence electrons. The van der Waals surface area contributed by atoms with Gasteiger partial charge in [0.15, 0.2) is 22.5 Å². The number of aryl methyl sites for hydroxylation is 1. The van der Waals surface area contributed by atoms with Gasteiger partial charge in [0.2, 0.25) is 0 Å². The zero-order valence-electron chi connectivity index (χ0n) is 16.4. The molecular weight excluding hydrogens is 396 g/mol. The van der Waals surface area contributed by atoms with Gasteiger partial charge in [-0.15, -0.1) is 10.2 Å². The Morgan fingerprint density at radius 2 is 1.73 bits per heavy atom. The van der Waals surface area contributed by atoms with Crippen LogP contribution < -0.4 is 9.47 Å². The lowest BCUT2D eigenvalue weighted by Gasteiger charge is -2.26. The maximum absolute atomic E-state index is 6.10. The molecule has 0 amide bonds. The third-order valence-corrected chi connectivity index (χ3v) is 5.95. The second kappa shape index (κ2) is 8.20. The number of aromatic nitrogens is 4. The Morgan fingerprint density at radius 1 is 0.967 bits per heavy atom. The van der Waals surface area contributed by atoms with E-state index < -0.39 is 0 Å². The van der Waals surface area contributed by atoms with Crippen LogP contribution in [-0.2, 0) is 0 Å². The van der Waals surface area contributed by atoms with Gasteiger partial charge in [0, 0.05) is 23.7 Å². The molecule has 0 saturated carbocycles. The summed E-state index contributed by atoms with van der Waals surface area (Å²) in [6.45, 7) is 2.61. The van der Waals surface area contributed by atoms with Crippen molar-refractivity contribution in [2.24, 2.45) is 0 Å². The summed E-state index contributed by atoms with van der Waals surface area (Å²) in [6, 6.07) is 19.9. The molecule has 0 spiro atoms. The summed E-state index contributed by atoms with van der Waals surface area (Å²) >= 11 is 1.62. The summed E-state index contributed by atoms with van der Waals surface area (Å²) < 4.78 is 14.1. The molecule has 0 radical (unpaired) electrons. The maximum Gasteiger partial charge on any atom is 0.196 e. The first kappa shape index (κ1) is 18.7. The molecule has 0 saturated heterocycles. The first-order valence-corrected chi connectivity index (χ1v) is 10.7. The van der Waals surface area contributed by atoms with Crippen molar-refractivity contribution in [2.75, 3.05) is 12.4 Å². The molecule has 1 aliphatic heterocycles. The fourth-order valence-corrected chi connectivity index (χ4v) is 4.31. The number of para-hydroxylation sites is 3. The van der Waals surface area contributed by atoms with Crippen LogP contribution in [0.2, 0.25) is 0 Å². The van der Waals surface area contributed by atoms with Crippen LogP contribution in [0.3, 0.4) is 0 Å². The molecule has 2 aromatic carbocycles. The summed E-state index contributed by atoms with van der Waals surface area (Å²) in [7, 11) is 0. The van der Waals surface area contributed by atoms with E-state index in [9.17, 15) is 0 Å². The topological polar surface area (TPSA) is 62.1 Å². The molecule has 2 aromatic heterocycles. The highest BCUT2D eigenvalue weighted by atomic mass is 32.2. The maximum atomic E-state index is 6.10. The molecule has 30 heavy (non-hydrogen) atoms. The number of nitrogens with zero attached hydrogens (tertiary/aromatic N) is 4. The average Bonchev–Trinajstić information content (AvgIpc) is 3.22. The summed E-state index contributed by atoms with van der Waals surface area (Å²) in [4.78, 5) is 4.12. The SMILES string of the molecule is Cc1ccccc1-n1c(SC[C@@H]2COc3ccccc3O2)nnc1-c1ccncc1. The van der Waals surface area contributed by atoms with Gasteiger partial charge in [-0.05, 0) is 42.8 Å². The number of hydrogen-bond donors (Lipinski definition) is 0. The first-order valence-electron chi connectivity index (χ1n) is 9.73. The molecular formula is C23H20N4O2S. The van der Waals surface area contributed by atoms with E-state index in [1.807, 2.05) is 48.5 Å². The van der Waals surface area contributed by atoms with Crippen molar-refractivity contribution in [2.45, 2.75) is 18.2 Å². The van der Waals surface area contributed by atoms with Gasteiger partial charge in [0.05, 0.1) is 5.69 Å². The van der Waals surface area contributed by atoms with Gasteiger partial charge < -0.3 is 9.47 Å². The fraction of sp³-hybridized carbons (Fsp3) is 0.174. The number of rotatable bonds is 5. The quantitative estimate of drug-likeness (QED) is 0.444. The molecule has 0 N–H and O–H groups in total. The van der Waals surface area contributed by atoms with Crippen LogP contribution in [0.4, 0.5) is 0 Å². The smallest absolute Gasteiger partial charge is 0.196 e. The van der Waals surface area contributed by atoms with Crippen molar-refractivity contribution < 1.29 is 9.47 Å². The predicted octanol–water partition coefficient (Wildman–Crippen LogP) is 4.57. The lowest BCUT2D eigenvalue weighted by molar-refractivity contribution is 0.107. The Hall–Kier alpha value is -3.32. The monoisotopic (exact) mass is 416 g/mol. The van der Waals surface area contributed by atoms with Crippen molar-refractivity contribution in [3.8, 4) is 28.6 Å². The van der Waals surface area contributed by atoms with E-state index in [0.717, 1.165) is 39.3 Å². The van der Waals surface area contributed by atoms with Crippen LogP contribution in [-0.4, -0.2) is 38.2 Å². The van der Waals surface area contributed by atoms with Gasteiger partial charge in [0.25, 0.3) is 0 Å². The summed E-state index contributed by atoms with van der Waals surface area (Å²) in [6.07, 6.45) is 3.48. The molecule has 6 nitrogen and oxygen atoms in total. The molecule has 3 heterocycles. The molecule has 0 aliphatic carbocycles. The molecule has 0 fully saturated rings. The fourth-order valence-electron chi connectivity index (χ4n) is 3.40. The van der Waals surface area contributed by atoms with Crippen molar-refractivity contribution >= 4 is 11.8 Å². The van der Waals surface area contributed by atoms with Gasteiger partial charge in [-0.25, -0.2) is 0 Å². The van der Waals surface area contributed by atoms with Gasteiger partial charge in [-0.1, -0.05) is 42.1 Å². The molecule has 0 bridgehead atoms. The number of benzene rings is 2. The average molecular weight is 417 g/mol. The molecule has 1 aliphatic rings. The molecule has 0 unspecified atom stereocenters. The van der Waals surface area contributed by atoms with Crippen LogP contribution in [0.25, 0.3) is 17.1 Å². The first-order chi connectivity index (χ1) is 14.8. The van der Waals surface area contributed by atoms with Gasteiger partial charge in [0.1, 0.15) is 12.7 Å². The van der Waals surface area contributed by atoms with Crippen molar-refractivity contribution in [1.29, 1.82) is 0 Å². The van der Waals surface area contributed by atoms with E-state index in [4.69, 9.17) is 9.47 Å². The van der Waals surface area contributed by atoms with Crippen molar-refractivity contribution in [3.63, 3.8) is 0 Å². The summed E-state index contributed by atoms with van der Waals surface area (Å²) in [5, 5.41) is 9.81. The molecule has 4 aromatic rings. The van der Waals surface area contributed by atoms with Gasteiger partial charge >= 0.3 is 0 Å². The summed E-state index contributed by atoms with van der Waals surface area (Å²) in [5.74, 6) is 3.07. The number of pyridine rings is 1. The lowest BCUT2D eigenvalue weighted by Crippen LogP contribution is -2.31. The second-order valence-electron chi connectivity index (χ2n) is 6.97. The normalized spacial score (nSPS) is 15.2. The Kier molecular flexibility index (Phi) is 5.11. The minimum atomic E-state index is -0.0590. The van der Waals surface area contributed by atoms with Gasteiger partial charge in [-0.3, -0.25) is 9.55 Å². The van der Waals surface area contributed by atoms with Gasteiger partial charge in [-0.2, -0.15) is 0 Å². The highest BCUT2D eigenvalue weighted by Crippen LogP contribution is 2.34. The van der Waals surface area contributed by atoms with Crippen LogP contribution in [0.15, 0.2) is 78.2 Å². The minimum absolute atomic E-state index is 0.0590. The second-order valence-corrected chi connectivity index (χ2v) is 7.96. The largest absolute Gasteiger partial charge is 0.486 e. The van der Waals surface area contributed by atoms with E-state index in [0.29, 0.717) is 12.4 Å². The van der Waals surface area contributed by atoms with E-state index >= 15 is 0 Å². The van der Waals surface area contributed by atoms with Crippen LogP contribution >= 0.6 is 11.8 Å². The number of thioether (sulfide) groups is 1. The Balaban J connectivity index is 1.44. The van der Waals surface area contributed by atoms with E-state index in [1.165, 1.54) is 0 Å². The summed E-state index contributed by atoms with van der Waals surface area (Å²) in [5.41, 5.74) is 3.18. The van der Waals surface area contributed by atoms with Crippen molar-refractivity contribution in [3.05, 3.63) is 78.6 Å². The minimum Gasteiger partial charge on any atom is -0.486 e. The van der Waals surface area contributed by atoms with Crippen molar-refractivity contribution in [1.82, 2.24) is 19.7 Å². The number of fused-ring (bicyclic) bond motifs is 1. The third kappa shape index (κ3) is 3.64. The highest BCUT2D eigenvalue weighted by Gasteiger charge is 2.23. The van der Waals surface area contributed by atoms with Crippen LogP contribution in [0.5, 0.6) is 11.5 Å². The standard InChI is InChI=1S/C23H20N4O2S/c1-16-6-2-3-7-19(16)27-22(17-10-12-24-13-11-17)25-26-23(27)30-15-18-14-28-20-8-4-5-9-21(20)29-18/h2-13,18H,14-15H2,1H3/t18-/m0/s1. The van der Waals surface area contributed by atoms with Crippen LogP contribution in [0, 0.1) is 6.92 Å². The number of hydrogen-bond acceptors (Lipinski definition) is 6. The van der Waals surface area contributed by atoms with Crippen LogP contribution in [0.1, 0.15) is 5.56 Å².